The number of nitrogens with one attached hydrogen (secondary N) is 1. The van der Waals surface area contributed by atoms with Crippen molar-refractivity contribution >= 4 is 5.91 Å². The Balaban J connectivity index is 1.41. The normalized spacial score (nSPS) is 13.7. The van der Waals surface area contributed by atoms with Crippen molar-refractivity contribution in [2.24, 2.45) is 0 Å². The molecule has 0 aliphatic carbocycles. The van der Waals surface area contributed by atoms with Crippen LogP contribution in [0, 0.1) is 0 Å². The first-order valence-corrected chi connectivity index (χ1v) is 11.6. The molecule has 34 heavy (non-hydrogen) atoms. The number of hydrogen-bond acceptors (Lipinski definition) is 6. The first-order valence-electron chi connectivity index (χ1n) is 11.6. The molecule has 8 heteroatoms. The molecule has 1 aromatic carbocycles. The predicted octanol–water partition coefficient (Wildman–Crippen LogP) is 3.06. The van der Waals surface area contributed by atoms with Crippen molar-refractivity contribution in [1.82, 2.24) is 34.9 Å². The number of aromatic nitrogens is 5. The third-order valence-electron chi connectivity index (χ3n) is 5.94. The fourth-order valence-electron chi connectivity index (χ4n) is 4.17. The van der Waals surface area contributed by atoms with Gasteiger partial charge in [-0.15, -0.1) is 0 Å². The first kappa shape index (κ1) is 21.9. The van der Waals surface area contributed by atoms with Crippen molar-refractivity contribution in [3.63, 3.8) is 0 Å². The van der Waals surface area contributed by atoms with Crippen LogP contribution < -0.4 is 5.32 Å². The summed E-state index contributed by atoms with van der Waals surface area (Å²) in [5.74, 6) is 0.775. The molecular weight excluding hydrogens is 426 g/mol. The summed E-state index contributed by atoms with van der Waals surface area (Å²) in [6, 6.07) is 13.6. The molecular formula is C26H27N7O. The zero-order chi connectivity index (χ0) is 23.3. The maximum atomic E-state index is 12.9. The molecule has 0 saturated carbocycles. The van der Waals surface area contributed by atoms with Crippen LogP contribution in [0.5, 0.6) is 0 Å². The highest BCUT2D eigenvalue weighted by atomic mass is 16.2. The second-order valence-corrected chi connectivity index (χ2v) is 8.27. The number of carbonyl (C=O) groups is 1. The molecule has 4 aromatic rings. The maximum Gasteiger partial charge on any atom is 0.253 e. The van der Waals surface area contributed by atoms with Crippen molar-refractivity contribution in [2.75, 3.05) is 26.2 Å². The Kier molecular flexibility index (Phi) is 6.40. The minimum absolute atomic E-state index is 0.0751. The lowest BCUT2D eigenvalue weighted by Crippen LogP contribution is -2.46. The van der Waals surface area contributed by atoms with E-state index in [9.17, 15) is 4.79 Å². The summed E-state index contributed by atoms with van der Waals surface area (Å²) >= 11 is 0. The van der Waals surface area contributed by atoms with E-state index in [-0.39, 0.29) is 5.91 Å². The van der Waals surface area contributed by atoms with Crippen LogP contribution in [-0.4, -0.2) is 61.7 Å². The Labute approximate surface area is 198 Å². The van der Waals surface area contributed by atoms with E-state index in [0.29, 0.717) is 17.8 Å². The fraction of sp³-hybridized carbons (Fsp3) is 0.269. The predicted molar refractivity (Wildman–Crippen MR) is 130 cm³/mol. The minimum atomic E-state index is 0.0751. The first-order chi connectivity index (χ1) is 16.7. The van der Waals surface area contributed by atoms with Gasteiger partial charge in [-0.25, -0.2) is 9.97 Å². The smallest absolute Gasteiger partial charge is 0.253 e. The summed E-state index contributed by atoms with van der Waals surface area (Å²) in [6.45, 7) is 5.96. The largest absolute Gasteiger partial charge is 0.336 e. The van der Waals surface area contributed by atoms with Crippen LogP contribution in [0.25, 0.3) is 22.5 Å². The number of piperazine rings is 1. The van der Waals surface area contributed by atoms with E-state index in [1.54, 1.807) is 12.4 Å². The van der Waals surface area contributed by atoms with Crippen molar-refractivity contribution in [2.45, 2.75) is 19.9 Å². The van der Waals surface area contributed by atoms with Crippen LogP contribution in [0.15, 0.2) is 67.3 Å². The van der Waals surface area contributed by atoms with Gasteiger partial charge in [0.25, 0.3) is 5.91 Å². The van der Waals surface area contributed by atoms with Crippen LogP contribution in [0.3, 0.4) is 0 Å². The number of pyridine rings is 1. The standard InChI is InChI=1S/C26H27N7O/c1-2-33-18-22(25(31-33)21-7-4-9-28-17-21)23-8-10-29-24(30-23)16-19-5-3-6-20(15-19)26(34)32-13-11-27-12-14-32/h3-10,15,17-18,27H,2,11-14,16H2,1H3. The third kappa shape index (κ3) is 4.72. The van der Waals surface area contributed by atoms with Crippen molar-refractivity contribution in [1.29, 1.82) is 0 Å². The molecule has 4 heterocycles. The molecule has 0 radical (unpaired) electrons. The van der Waals surface area contributed by atoms with E-state index >= 15 is 0 Å². The highest BCUT2D eigenvalue weighted by molar-refractivity contribution is 5.94. The summed E-state index contributed by atoms with van der Waals surface area (Å²) in [7, 11) is 0. The van der Waals surface area contributed by atoms with Crippen molar-refractivity contribution in [3.05, 3.63) is 84.2 Å². The third-order valence-corrected chi connectivity index (χ3v) is 5.94. The zero-order valence-corrected chi connectivity index (χ0v) is 19.2. The summed E-state index contributed by atoms with van der Waals surface area (Å²) in [6.07, 6.45) is 7.91. The molecule has 1 aliphatic heterocycles. The van der Waals surface area contributed by atoms with Gasteiger partial charge in [-0.05, 0) is 42.8 Å². The van der Waals surface area contributed by atoms with Gasteiger partial charge in [0, 0.05) is 80.6 Å². The van der Waals surface area contributed by atoms with E-state index in [1.807, 2.05) is 64.4 Å². The van der Waals surface area contributed by atoms with Gasteiger partial charge < -0.3 is 10.2 Å². The molecule has 1 fully saturated rings. The van der Waals surface area contributed by atoms with E-state index in [4.69, 9.17) is 10.1 Å². The number of rotatable bonds is 6. The Bertz CT molecular complexity index is 1280. The van der Waals surface area contributed by atoms with E-state index in [2.05, 4.69) is 22.2 Å². The molecule has 3 aromatic heterocycles. The number of nitrogens with zero attached hydrogens (tertiary/aromatic N) is 6. The molecule has 0 unspecified atom stereocenters. The number of amides is 1. The molecule has 1 saturated heterocycles. The molecule has 1 N–H and O–H groups in total. The van der Waals surface area contributed by atoms with Crippen LogP contribution in [0.1, 0.15) is 28.7 Å². The van der Waals surface area contributed by atoms with Gasteiger partial charge in [0.05, 0.1) is 5.69 Å². The van der Waals surface area contributed by atoms with Crippen molar-refractivity contribution < 1.29 is 4.79 Å². The average Bonchev–Trinajstić information content (AvgIpc) is 3.34. The quantitative estimate of drug-likeness (QED) is 0.483. The Morgan fingerprint density at radius 1 is 1.09 bits per heavy atom. The lowest BCUT2D eigenvalue weighted by Gasteiger charge is -2.27. The minimum Gasteiger partial charge on any atom is -0.336 e. The number of aryl methyl sites for hydroxylation is 1. The molecule has 8 nitrogen and oxygen atoms in total. The summed E-state index contributed by atoms with van der Waals surface area (Å²) in [5.41, 5.74) is 5.28. The fourth-order valence-corrected chi connectivity index (χ4v) is 4.17. The Hall–Kier alpha value is -3.91. The van der Waals surface area contributed by atoms with E-state index < -0.39 is 0 Å². The van der Waals surface area contributed by atoms with Gasteiger partial charge in [0.2, 0.25) is 0 Å². The summed E-state index contributed by atoms with van der Waals surface area (Å²) in [5, 5.41) is 8.02. The van der Waals surface area contributed by atoms with Gasteiger partial charge in [-0.1, -0.05) is 12.1 Å². The molecule has 0 atom stereocenters. The second kappa shape index (κ2) is 9.93. The summed E-state index contributed by atoms with van der Waals surface area (Å²) < 4.78 is 1.91. The average molecular weight is 454 g/mol. The molecule has 0 spiro atoms. The van der Waals surface area contributed by atoms with E-state index in [1.165, 1.54) is 0 Å². The van der Waals surface area contributed by atoms with Crippen LogP contribution in [-0.2, 0) is 13.0 Å². The Morgan fingerprint density at radius 3 is 2.76 bits per heavy atom. The lowest BCUT2D eigenvalue weighted by atomic mass is 10.1. The van der Waals surface area contributed by atoms with Crippen LogP contribution in [0.2, 0.25) is 0 Å². The van der Waals surface area contributed by atoms with Gasteiger partial charge in [-0.2, -0.15) is 5.10 Å². The molecule has 1 aliphatic rings. The van der Waals surface area contributed by atoms with Gasteiger partial charge in [0.15, 0.2) is 0 Å². The van der Waals surface area contributed by atoms with E-state index in [0.717, 1.165) is 60.8 Å². The highest BCUT2D eigenvalue weighted by Crippen LogP contribution is 2.29. The van der Waals surface area contributed by atoms with Gasteiger partial charge in [0.1, 0.15) is 11.5 Å². The summed E-state index contributed by atoms with van der Waals surface area (Å²) in [4.78, 5) is 28.4. The van der Waals surface area contributed by atoms with Gasteiger partial charge >= 0.3 is 0 Å². The number of carbonyl (C=O) groups excluding carboxylic acids is 1. The molecule has 5 rings (SSSR count). The van der Waals surface area contributed by atoms with Crippen LogP contribution in [0.4, 0.5) is 0 Å². The van der Waals surface area contributed by atoms with Crippen LogP contribution >= 0.6 is 0 Å². The zero-order valence-electron chi connectivity index (χ0n) is 19.2. The maximum absolute atomic E-state index is 12.9. The SMILES string of the molecule is CCn1cc(-c2ccnc(Cc3cccc(C(=O)N4CCNCC4)c3)n2)c(-c2cccnc2)n1. The molecule has 1 amide bonds. The topological polar surface area (TPSA) is 88.8 Å². The van der Waals surface area contributed by atoms with Crippen molar-refractivity contribution in [3.8, 4) is 22.5 Å². The molecule has 0 bridgehead atoms. The number of hydrogen-bond donors (Lipinski definition) is 1. The Morgan fingerprint density at radius 2 is 1.97 bits per heavy atom. The lowest BCUT2D eigenvalue weighted by molar-refractivity contribution is 0.0735. The highest BCUT2D eigenvalue weighted by Gasteiger charge is 2.19. The second-order valence-electron chi connectivity index (χ2n) is 8.27. The molecule has 172 valence electrons. The monoisotopic (exact) mass is 453 g/mol. The van der Waals surface area contributed by atoms with Gasteiger partial charge in [-0.3, -0.25) is 14.5 Å². The number of benzene rings is 1.